The van der Waals surface area contributed by atoms with Gasteiger partial charge in [0, 0.05) is 7.11 Å². The van der Waals surface area contributed by atoms with E-state index in [-0.39, 0.29) is 0 Å². The Kier molecular flexibility index (Phi) is 3.81. The molecule has 0 aliphatic rings. The summed E-state index contributed by atoms with van der Waals surface area (Å²) in [4.78, 5) is 0. The second-order valence-electron chi connectivity index (χ2n) is 2.92. The molecule has 1 aromatic carbocycles. The predicted molar refractivity (Wildman–Crippen MR) is 51.4 cm³/mol. The maximum Gasteiger partial charge on any atom is 0.0502 e. The van der Waals surface area contributed by atoms with Crippen molar-refractivity contribution in [2.45, 2.75) is 19.8 Å². The lowest BCUT2D eigenvalue weighted by atomic mass is 10.1. The zero-order valence-electron chi connectivity index (χ0n) is 7.84. The molecule has 0 heterocycles. The van der Waals surface area contributed by atoms with Crippen LogP contribution in [-0.2, 0) is 17.6 Å². The van der Waals surface area contributed by atoms with Gasteiger partial charge in [-0.05, 0) is 24.0 Å². The van der Waals surface area contributed by atoms with Crippen LogP contribution in [0, 0.1) is 0 Å². The molecule has 0 unspecified atom stereocenters. The predicted octanol–water partition coefficient (Wildman–Crippen LogP) is 2.44. The number of hydrogen-bond donors (Lipinski definition) is 0. The standard InChI is InChI=1S/C11H16O/c1-3-10-5-4-6-11(9-10)7-8-12-2/h4-6,9H,3,7-8H2,1-2H3. The molecule has 0 saturated carbocycles. The molecule has 0 spiro atoms. The second kappa shape index (κ2) is 4.94. The Labute approximate surface area is 74.4 Å². The molecule has 1 rings (SSSR count). The number of methoxy groups -OCH3 is 1. The number of aryl methyl sites for hydroxylation is 1. The molecule has 0 amide bonds. The summed E-state index contributed by atoms with van der Waals surface area (Å²) in [5.41, 5.74) is 2.78. The monoisotopic (exact) mass is 164 g/mol. The zero-order valence-corrected chi connectivity index (χ0v) is 7.84. The van der Waals surface area contributed by atoms with Crippen LogP contribution in [0.15, 0.2) is 24.3 Å². The molecule has 0 aliphatic heterocycles. The molecule has 0 N–H and O–H groups in total. The molecule has 0 radical (unpaired) electrons. The minimum absolute atomic E-state index is 0.813. The van der Waals surface area contributed by atoms with Crippen molar-refractivity contribution in [1.29, 1.82) is 0 Å². The highest BCUT2D eigenvalue weighted by Crippen LogP contribution is 2.06. The largest absolute Gasteiger partial charge is 0.384 e. The SMILES string of the molecule is CCc1cccc(CCOC)c1. The average molecular weight is 164 g/mol. The smallest absolute Gasteiger partial charge is 0.0502 e. The zero-order chi connectivity index (χ0) is 8.81. The summed E-state index contributed by atoms with van der Waals surface area (Å²) >= 11 is 0. The number of ether oxygens (including phenoxy) is 1. The van der Waals surface area contributed by atoms with Crippen LogP contribution in [-0.4, -0.2) is 13.7 Å². The summed E-state index contributed by atoms with van der Waals surface area (Å²) in [5, 5.41) is 0. The van der Waals surface area contributed by atoms with Crippen molar-refractivity contribution in [3.05, 3.63) is 35.4 Å². The van der Waals surface area contributed by atoms with Crippen molar-refractivity contribution in [3.8, 4) is 0 Å². The van der Waals surface area contributed by atoms with E-state index in [1.807, 2.05) is 0 Å². The summed E-state index contributed by atoms with van der Waals surface area (Å²) in [7, 11) is 1.74. The lowest BCUT2D eigenvalue weighted by Crippen LogP contribution is -1.94. The van der Waals surface area contributed by atoms with Gasteiger partial charge in [0.05, 0.1) is 6.61 Å². The first-order chi connectivity index (χ1) is 5.86. The minimum Gasteiger partial charge on any atom is -0.384 e. The van der Waals surface area contributed by atoms with Crippen molar-refractivity contribution in [2.24, 2.45) is 0 Å². The molecule has 0 aliphatic carbocycles. The topological polar surface area (TPSA) is 9.23 Å². The normalized spacial score (nSPS) is 10.2. The minimum atomic E-state index is 0.813. The summed E-state index contributed by atoms with van der Waals surface area (Å²) in [5.74, 6) is 0. The Hall–Kier alpha value is -0.820. The van der Waals surface area contributed by atoms with Gasteiger partial charge in [-0.3, -0.25) is 0 Å². The van der Waals surface area contributed by atoms with Crippen LogP contribution in [0.4, 0.5) is 0 Å². The van der Waals surface area contributed by atoms with Crippen molar-refractivity contribution < 1.29 is 4.74 Å². The number of benzene rings is 1. The third kappa shape index (κ3) is 2.67. The van der Waals surface area contributed by atoms with Gasteiger partial charge in [-0.15, -0.1) is 0 Å². The van der Waals surface area contributed by atoms with E-state index in [2.05, 4.69) is 31.2 Å². The van der Waals surface area contributed by atoms with E-state index >= 15 is 0 Å². The molecule has 0 aromatic heterocycles. The van der Waals surface area contributed by atoms with Gasteiger partial charge < -0.3 is 4.74 Å². The quantitative estimate of drug-likeness (QED) is 0.664. The van der Waals surface area contributed by atoms with Gasteiger partial charge in [-0.1, -0.05) is 31.2 Å². The van der Waals surface area contributed by atoms with Gasteiger partial charge in [0.25, 0.3) is 0 Å². The highest BCUT2D eigenvalue weighted by atomic mass is 16.5. The number of rotatable bonds is 4. The molecule has 1 nitrogen and oxygen atoms in total. The third-order valence-electron chi connectivity index (χ3n) is 1.99. The second-order valence-corrected chi connectivity index (χ2v) is 2.92. The van der Waals surface area contributed by atoms with Crippen LogP contribution >= 0.6 is 0 Å². The van der Waals surface area contributed by atoms with Crippen LogP contribution in [0.2, 0.25) is 0 Å². The molecule has 12 heavy (non-hydrogen) atoms. The first kappa shape index (κ1) is 9.27. The van der Waals surface area contributed by atoms with E-state index in [0.29, 0.717) is 0 Å². The first-order valence-corrected chi connectivity index (χ1v) is 4.43. The fourth-order valence-corrected chi connectivity index (χ4v) is 1.22. The molecule has 1 aromatic rings. The molecule has 0 saturated heterocycles. The summed E-state index contributed by atoms with van der Waals surface area (Å²) in [6.07, 6.45) is 2.13. The van der Waals surface area contributed by atoms with Crippen molar-refractivity contribution >= 4 is 0 Å². The molecule has 66 valence electrons. The van der Waals surface area contributed by atoms with E-state index < -0.39 is 0 Å². The Morgan fingerprint density at radius 3 is 2.67 bits per heavy atom. The van der Waals surface area contributed by atoms with Crippen LogP contribution < -0.4 is 0 Å². The summed E-state index contributed by atoms with van der Waals surface area (Å²) < 4.78 is 5.02. The van der Waals surface area contributed by atoms with Crippen molar-refractivity contribution in [1.82, 2.24) is 0 Å². The molecule has 1 heteroatoms. The molecular formula is C11H16O. The van der Waals surface area contributed by atoms with Crippen LogP contribution in [0.5, 0.6) is 0 Å². The maximum atomic E-state index is 5.02. The van der Waals surface area contributed by atoms with Gasteiger partial charge in [-0.2, -0.15) is 0 Å². The van der Waals surface area contributed by atoms with Gasteiger partial charge >= 0.3 is 0 Å². The Balaban J connectivity index is 2.60. The maximum absolute atomic E-state index is 5.02. The van der Waals surface area contributed by atoms with Crippen LogP contribution in [0.1, 0.15) is 18.1 Å². The fourth-order valence-electron chi connectivity index (χ4n) is 1.22. The van der Waals surface area contributed by atoms with Gasteiger partial charge in [0.2, 0.25) is 0 Å². The summed E-state index contributed by atoms with van der Waals surface area (Å²) in [6, 6.07) is 8.68. The van der Waals surface area contributed by atoms with E-state index in [9.17, 15) is 0 Å². The number of hydrogen-bond acceptors (Lipinski definition) is 1. The van der Waals surface area contributed by atoms with Gasteiger partial charge in [-0.25, -0.2) is 0 Å². The van der Waals surface area contributed by atoms with Crippen molar-refractivity contribution in [3.63, 3.8) is 0 Å². The Morgan fingerprint density at radius 1 is 1.25 bits per heavy atom. The van der Waals surface area contributed by atoms with E-state index in [1.54, 1.807) is 7.11 Å². The van der Waals surface area contributed by atoms with E-state index in [1.165, 1.54) is 11.1 Å². The van der Waals surface area contributed by atoms with Gasteiger partial charge in [0.1, 0.15) is 0 Å². The van der Waals surface area contributed by atoms with Crippen molar-refractivity contribution in [2.75, 3.05) is 13.7 Å². The molecule has 0 fully saturated rings. The highest BCUT2D eigenvalue weighted by Gasteiger charge is 1.93. The molecule has 0 bridgehead atoms. The fraction of sp³-hybridized carbons (Fsp3) is 0.455. The average Bonchev–Trinajstić information content (AvgIpc) is 2.15. The van der Waals surface area contributed by atoms with Crippen LogP contribution in [0.25, 0.3) is 0 Å². The Morgan fingerprint density at radius 2 is 2.00 bits per heavy atom. The first-order valence-electron chi connectivity index (χ1n) is 4.43. The van der Waals surface area contributed by atoms with Gasteiger partial charge in [0.15, 0.2) is 0 Å². The third-order valence-corrected chi connectivity index (χ3v) is 1.99. The van der Waals surface area contributed by atoms with E-state index in [4.69, 9.17) is 4.74 Å². The highest BCUT2D eigenvalue weighted by molar-refractivity contribution is 5.23. The Bertz CT molecular complexity index is 230. The lowest BCUT2D eigenvalue weighted by molar-refractivity contribution is 0.202. The molecule has 0 atom stereocenters. The molecular weight excluding hydrogens is 148 g/mol. The lowest BCUT2D eigenvalue weighted by Gasteiger charge is -2.02. The van der Waals surface area contributed by atoms with Crippen LogP contribution in [0.3, 0.4) is 0 Å². The van der Waals surface area contributed by atoms with E-state index in [0.717, 1.165) is 19.4 Å². The summed E-state index contributed by atoms with van der Waals surface area (Å²) in [6.45, 7) is 2.99.